The molecule has 0 saturated carbocycles. The molecule has 0 aliphatic carbocycles. The monoisotopic (exact) mass is 295 g/mol. The number of halogens is 1. The van der Waals surface area contributed by atoms with Crippen LogP contribution in [0.3, 0.4) is 0 Å². The van der Waals surface area contributed by atoms with E-state index in [4.69, 9.17) is 11.6 Å². The highest BCUT2D eigenvalue weighted by Crippen LogP contribution is 2.07. The third-order valence-electron chi connectivity index (χ3n) is 2.30. The van der Waals surface area contributed by atoms with Crippen LogP contribution in [-0.4, -0.2) is 24.6 Å². The molecule has 0 aromatic heterocycles. The molecule has 0 aliphatic heterocycles. The second-order valence-electron chi connectivity index (χ2n) is 4.72. The first kappa shape index (κ1) is 16.2. The predicted octanol–water partition coefficient (Wildman–Crippen LogP) is 1.95. The van der Waals surface area contributed by atoms with Crippen LogP contribution in [0, 0.1) is 5.92 Å². The summed E-state index contributed by atoms with van der Waals surface area (Å²) in [5, 5.41) is 7.07. The molecule has 0 unspecified atom stereocenters. The Morgan fingerprint density at radius 3 is 2.50 bits per heavy atom. The highest BCUT2D eigenvalue weighted by Gasteiger charge is 2.08. The van der Waals surface area contributed by atoms with Gasteiger partial charge >= 0.3 is 0 Å². The number of hydrogen-bond donors (Lipinski definition) is 2. The highest BCUT2D eigenvalue weighted by molar-refractivity contribution is 6.30. The largest absolute Gasteiger partial charge is 0.355 e. The Bertz CT molecular complexity index is 484. The number of hydrazone groups is 1. The predicted molar refractivity (Wildman–Crippen MR) is 79.7 cm³/mol. The smallest absolute Gasteiger partial charge is 0.249 e. The second kappa shape index (κ2) is 8.32. The minimum absolute atomic E-state index is 0.231. The summed E-state index contributed by atoms with van der Waals surface area (Å²) in [6.07, 6.45) is 1.25. The summed E-state index contributed by atoms with van der Waals surface area (Å²) < 4.78 is 0. The molecule has 1 rings (SSSR count). The van der Waals surface area contributed by atoms with Crippen molar-refractivity contribution < 1.29 is 9.59 Å². The van der Waals surface area contributed by atoms with Crippen LogP contribution in [0.5, 0.6) is 0 Å². The minimum atomic E-state index is -0.448. The zero-order valence-corrected chi connectivity index (χ0v) is 12.3. The van der Waals surface area contributed by atoms with Gasteiger partial charge in [0.05, 0.1) is 6.21 Å². The van der Waals surface area contributed by atoms with Crippen LogP contribution >= 0.6 is 11.6 Å². The molecule has 0 fully saturated rings. The number of benzene rings is 1. The summed E-state index contributed by atoms with van der Waals surface area (Å²) >= 11 is 5.75. The molecule has 0 bridgehead atoms. The van der Waals surface area contributed by atoms with Gasteiger partial charge in [0.1, 0.15) is 6.42 Å². The molecule has 2 amide bonds. The maximum atomic E-state index is 11.4. The number of amides is 2. The van der Waals surface area contributed by atoms with Crippen molar-refractivity contribution in [2.45, 2.75) is 20.3 Å². The summed E-state index contributed by atoms with van der Waals surface area (Å²) in [5.74, 6) is -0.403. The second-order valence-corrected chi connectivity index (χ2v) is 5.16. The molecule has 0 heterocycles. The number of nitrogens with one attached hydrogen (secondary N) is 2. The van der Waals surface area contributed by atoms with E-state index in [1.807, 2.05) is 13.8 Å². The van der Waals surface area contributed by atoms with Crippen molar-refractivity contribution in [3.8, 4) is 0 Å². The van der Waals surface area contributed by atoms with Crippen LogP contribution < -0.4 is 10.7 Å². The SMILES string of the molecule is CC(C)CNC(=O)CC(=O)NN=Cc1ccc(Cl)cc1. The number of hydrogen-bond acceptors (Lipinski definition) is 3. The van der Waals surface area contributed by atoms with E-state index in [-0.39, 0.29) is 12.3 Å². The Kier molecular flexibility index (Phi) is 6.73. The molecule has 0 saturated heterocycles. The highest BCUT2D eigenvalue weighted by atomic mass is 35.5. The van der Waals surface area contributed by atoms with Gasteiger partial charge in [-0.1, -0.05) is 37.6 Å². The van der Waals surface area contributed by atoms with Gasteiger partial charge in [-0.3, -0.25) is 9.59 Å². The Balaban J connectivity index is 2.32. The van der Waals surface area contributed by atoms with Crippen molar-refractivity contribution >= 4 is 29.6 Å². The molecule has 0 radical (unpaired) electrons. The lowest BCUT2D eigenvalue weighted by molar-refractivity contribution is -0.129. The van der Waals surface area contributed by atoms with Gasteiger partial charge in [0.15, 0.2) is 0 Å². The summed E-state index contributed by atoms with van der Waals surface area (Å²) in [4.78, 5) is 22.8. The zero-order valence-electron chi connectivity index (χ0n) is 11.5. The summed E-state index contributed by atoms with van der Waals surface area (Å²) in [5.41, 5.74) is 3.11. The lowest BCUT2D eigenvalue weighted by atomic mass is 10.2. The molecule has 1 aromatic carbocycles. The van der Waals surface area contributed by atoms with Gasteiger partial charge in [-0.25, -0.2) is 5.43 Å². The van der Waals surface area contributed by atoms with Crippen LogP contribution in [0.15, 0.2) is 29.4 Å². The van der Waals surface area contributed by atoms with Crippen molar-refractivity contribution in [1.82, 2.24) is 10.7 Å². The standard InChI is InChI=1S/C14H18ClN3O2/c1-10(2)8-16-13(19)7-14(20)18-17-9-11-3-5-12(15)6-4-11/h3-6,9-10H,7-8H2,1-2H3,(H,16,19)(H,18,20). The van der Waals surface area contributed by atoms with E-state index in [9.17, 15) is 9.59 Å². The van der Waals surface area contributed by atoms with Crippen LogP contribution in [0.2, 0.25) is 5.02 Å². The Labute approximate surface area is 123 Å². The molecular weight excluding hydrogens is 278 g/mol. The fourth-order valence-corrected chi connectivity index (χ4v) is 1.42. The maximum absolute atomic E-state index is 11.4. The summed E-state index contributed by atoms with van der Waals surface area (Å²) in [7, 11) is 0. The van der Waals surface area contributed by atoms with E-state index in [1.165, 1.54) is 6.21 Å². The van der Waals surface area contributed by atoms with Gasteiger partial charge in [0.2, 0.25) is 11.8 Å². The van der Waals surface area contributed by atoms with Gasteiger partial charge < -0.3 is 5.32 Å². The number of rotatable bonds is 6. The molecule has 0 atom stereocenters. The van der Waals surface area contributed by atoms with E-state index in [2.05, 4.69) is 15.8 Å². The van der Waals surface area contributed by atoms with Gasteiger partial charge in [0.25, 0.3) is 0 Å². The Hall–Kier alpha value is -1.88. The van der Waals surface area contributed by atoms with Gasteiger partial charge in [-0.2, -0.15) is 5.10 Å². The molecule has 2 N–H and O–H groups in total. The first-order valence-corrected chi connectivity index (χ1v) is 6.69. The van der Waals surface area contributed by atoms with Crippen molar-refractivity contribution in [3.63, 3.8) is 0 Å². The number of carbonyl (C=O) groups is 2. The quantitative estimate of drug-likeness (QED) is 0.478. The van der Waals surface area contributed by atoms with Crippen molar-refractivity contribution in [2.75, 3.05) is 6.54 Å². The van der Waals surface area contributed by atoms with E-state index < -0.39 is 5.91 Å². The molecule has 20 heavy (non-hydrogen) atoms. The first-order chi connectivity index (χ1) is 9.47. The molecular formula is C14H18ClN3O2. The van der Waals surface area contributed by atoms with Crippen LogP contribution in [0.1, 0.15) is 25.8 Å². The molecule has 5 nitrogen and oxygen atoms in total. The van der Waals surface area contributed by atoms with Crippen LogP contribution in [-0.2, 0) is 9.59 Å². The van der Waals surface area contributed by atoms with Crippen LogP contribution in [0.25, 0.3) is 0 Å². The lowest BCUT2D eigenvalue weighted by Gasteiger charge is -2.06. The molecule has 6 heteroatoms. The van der Waals surface area contributed by atoms with E-state index >= 15 is 0 Å². The minimum Gasteiger partial charge on any atom is -0.355 e. The summed E-state index contributed by atoms with van der Waals surface area (Å²) in [6.45, 7) is 4.52. The van der Waals surface area contributed by atoms with Gasteiger partial charge in [-0.15, -0.1) is 0 Å². The number of nitrogens with zero attached hydrogens (tertiary/aromatic N) is 1. The molecule has 108 valence electrons. The lowest BCUT2D eigenvalue weighted by Crippen LogP contribution is -2.32. The first-order valence-electron chi connectivity index (χ1n) is 6.31. The zero-order chi connectivity index (χ0) is 15.0. The van der Waals surface area contributed by atoms with Crippen molar-refractivity contribution in [2.24, 2.45) is 11.0 Å². The summed E-state index contributed by atoms with van der Waals surface area (Å²) in [6, 6.07) is 6.99. The molecule has 0 aliphatic rings. The molecule has 1 aromatic rings. The van der Waals surface area contributed by atoms with Crippen molar-refractivity contribution in [3.05, 3.63) is 34.9 Å². The third-order valence-corrected chi connectivity index (χ3v) is 2.55. The van der Waals surface area contributed by atoms with Crippen LogP contribution in [0.4, 0.5) is 0 Å². The number of carbonyl (C=O) groups excluding carboxylic acids is 2. The van der Waals surface area contributed by atoms with E-state index in [0.29, 0.717) is 17.5 Å². The molecule has 0 spiro atoms. The normalized spacial score (nSPS) is 10.8. The maximum Gasteiger partial charge on any atom is 0.249 e. The van der Waals surface area contributed by atoms with Gasteiger partial charge in [-0.05, 0) is 23.6 Å². The fourth-order valence-electron chi connectivity index (χ4n) is 1.29. The third kappa shape index (κ3) is 6.89. The Morgan fingerprint density at radius 1 is 1.25 bits per heavy atom. The van der Waals surface area contributed by atoms with Crippen molar-refractivity contribution in [1.29, 1.82) is 0 Å². The van der Waals surface area contributed by atoms with Gasteiger partial charge in [0, 0.05) is 11.6 Å². The van der Waals surface area contributed by atoms with E-state index in [1.54, 1.807) is 24.3 Å². The average molecular weight is 296 g/mol. The Morgan fingerprint density at radius 2 is 1.90 bits per heavy atom. The van der Waals surface area contributed by atoms with E-state index in [0.717, 1.165) is 5.56 Å². The fraction of sp³-hybridized carbons (Fsp3) is 0.357. The topological polar surface area (TPSA) is 70.6 Å². The average Bonchev–Trinajstić information content (AvgIpc) is 2.38.